The van der Waals surface area contributed by atoms with Gasteiger partial charge in [0.1, 0.15) is 12.4 Å². The fourth-order valence-corrected chi connectivity index (χ4v) is 2.74. The third-order valence-corrected chi connectivity index (χ3v) is 4.38. The van der Waals surface area contributed by atoms with Gasteiger partial charge in [0.05, 0.1) is 12.1 Å². The molecule has 3 aromatic rings. The van der Waals surface area contributed by atoms with Crippen molar-refractivity contribution in [1.29, 1.82) is 0 Å². The molecule has 2 aromatic carbocycles. The molecule has 6 nitrogen and oxygen atoms in total. The number of hydrogen-bond acceptors (Lipinski definition) is 5. The van der Waals surface area contributed by atoms with Crippen LogP contribution in [0.15, 0.2) is 76.8 Å². The van der Waals surface area contributed by atoms with Crippen molar-refractivity contribution in [2.45, 2.75) is 26.3 Å². The van der Waals surface area contributed by atoms with Crippen LogP contribution in [0.2, 0.25) is 0 Å². The van der Waals surface area contributed by atoms with Gasteiger partial charge in [0.25, 0.3) is 0 Å². The summed E-state index contributed by atoms with van der Waals surface area (Å²) in [6, 6.07) is 15.0. The lowest BCUT2D eigenvalue weighted by molar-refractivity contribution is -0.274. The standard InChI is InChI=1S/C23H19F3N2O4/c1-15-2-4-16(5-3-15)14-31-28-20(18-8-11-22(30)27-13-18)12-21(29)17-6-9-19(10-7-17)32-23(24,25)26/h2-11,13H,12,14H2,1H3,(H,27,30). The molecule has 1 heterocycles. The van der Waals surface area contributed by atoms with Crippen LogP contribution in [0.1, 0.15) is 33.5 Å². The second-order valence-corrected chi connectivity index (χ2v) is 6.91. The Bertz CT molecular complexity index is 1130. The molecule has 0 atom stereocenters. The van der Waals surface area contributed by atoms with Crippen LogP contribution in [-0.4, -0.2) is 22.8 Å². The van der Waals surface area contributed by atoms with Crippen LogP contribution in [-0.2, 0) is 11.4 Å². The Hall–Kier alpha value is -3.88. The normalized spacial score (nSPS) is 11.8. The monoisotopic (exact) mass is 444 g/mol. The van der Waals surface area contributed by atoms with Crippen molar-refractivity contribution in [3.63, 3.8) is 0 Å². The largest absolute Gasteiger partial charge is 0.573 e. The molecular weight excluding hydrogens is 425 g/mol. The van der Waals surface area contributed by atoms with Gasteiger partial charge in [-0.1, -0.05) is 35.0 Å². The summed E-state index contributed by atoms with van der Waals surface area (Å²) < 4.78 is 40.7. The first-order valence-electron chi connectivity index (χ1n) is 9.52. The average Bonchev–Trinajstić information content (AvgIpc) is 2.74. The summed E-state index contributed by atoms with van der Waals surface area (Å²) in [6.45, 7) is 2.13. The first-order valence-corrected chi connectivity index (χ1v) is 9.52. The maximum Gasteiger partial charge on any atom is 0.573 e. The van der Waals surface area contributed by atoms with Crippen LogP contribution in [0.25, 0.3) is 0 Å². The lowest BCUT2D eigenvalue weighted by Gasteiger charge is -2.10. The summed E-state index contributed by atoms with van der Waals surface area (Å²) in [6.07, 6.45) is -3.60. The van der Waals surface area contributed by atoms with E-state index in [0.717, 1.165) is 23.3 Å². The zero-order valence-electron chi connectivity index (χ0n) is 17.0. The Morgan fingerprint density at radius 2 is 1.62 bits per heavy atom. The number of ketones is 1. The number of pyridine rings is 1. The Kier molecular flexibility index (Phi) is 7.09. The van der Waals surface area contributed by atoms with Crippen LogP contribution in [0.3, 0.4) is 0 Å². The number of hydrogen-bond donors (Lipinski definition) is 1. The number of oxime groups is 1. The molecule has 0 bridgehead atoms. The summed E-state index contributed by atoms with van der Waals surface area (Å²) >= 11 is 0. The first kappa shape index (κ1) is 22.8. The number of ether oxygens (including phenoxy) is 1. The third-order valence-electron chi connectivity index (χ3n) is 4.38. The molecule has 0 amide bonds. The number of alkyl halides is 3. The maximum atomic E-state index is 12.7. The summed E-state index contributed by atoms with van der Waals surface area (Å²) in [5.41, 5.74) is 2.57. The maximum absolute atomic E-state index is 12.7. The Morgan fingerprint density at radius 1 is 0.969 bits per heavy atom. The van der Waals surface area contributed by atoms with Crippen LogP contribution in [0, 0.1) is 6.92 Å². The highest BCUT2D eigenvalue weighted by atomic mass is 19.4. The second kappa shape index (κ2) is 9.95. The van der Waals surface area contributed by atoms with Crippen LogP contribution < -0.4 is 10.3 Å². The van der Waals surface area contributed by atoms with E-state index in [4.69, 9.17) is 4.84 Å². The molecule has 0 aliphatic carbocycles. The molecule has 9 heteroatoms. The molecule has 3 rings (SSSR count). The number of rotatable bonds is 8. The highest BCUT2D eigenvalue weighted by Gasteiger charge is 2.31. The van der Waals surface area contributed by atoms with E-state index >= 15 is 0 Å². The topological polar surface area (TPSA) is 80.8 Å². The molecular formula is C23H19F3N2O4. The molecule has 0 spiro atoms. The fraction of sp³-hybridized carbons (Fsp3) is 0.174. The summed E-state index contributed by atoms with van der Waals surface area (Å²) in [4.78, 5) is 32.0. The predicted octanol–water partition coefficient (Wildman–Crippen LogP) is 4.78. The van der Waals surface area contributed by atoms with Crippen molar-refractivity contribution in [2.75, 3.05) is 0 Å². The number of Topliss-reactive ketones (excluding diaryl/α,β-unsaturated/α-hetero) is 1. The van der Waals surface area contributed by atoms with Crippen molar-refractivity contribution in [3.05, 3.63) is 99.5 Å². The van der Waals surface area contributed by atoms with Gasteiger partial charge < -0.3 is 14.6 Å². The van der Waals surface area contributed by atoms with Crippen molar-refractivity contribution < 1.29 is 27.5 Å². The molecule has 0 aliphatic heterocycles. The molecule has 0 fully saturated rings. The number of carbonyl (C=O) groups is 1. The molecule has 0 saturated heterocycles. The molecule has 0 unspecified atom stereocenters. The van der Waals surface area contributed by atoms with E-state index in [1.54, 1.807) is 0 Å². The van der Waals surface area contributed by atoms with Gasteiger partial charge in [0.15, 0.2) is 5.78 Å². The van der Waals surface area contributed by atoms with Gasteiger partial charge in [-0.05, 0) is 42.8 Å². The van der Waals surface area contributed by atoms with Crippen molar-refractivity contribution in [2.24, 2.45) is 5.16 Å². The number of nitrogens with zero attached hydrogens (tertiary/aromatic N) is 1. The van der Waals surface area contributed by atoms with E-state index in [2.05, 4.69) is 14.9 Å². The van der Waals surface area contributed by atoms with E-state index in [0.29, 0.717) is 5.56 Å². The third kappa shape index (κ3) is 6.83. The first-order chi connectivity index (χ1) is 15.2. The van der Waals surface area contributed by atoms with Gasteiger partial charge in [-0.3, -0.25) is 9.59 Å². The number of nitrogens with one attached hydrogen (secondary N) is 1. The smallest absolute Gasteiger partial charge is 0.406 e. The van der Waals surface area contributed by atoms with Gasteiger partial charge in [-0.2, -0.15) is 0 Å². The SMILES string of the molecule is Cc1ccc(CON=C(CC(=O)c2ccc(OC(F)(F)F)cc2)c2ccc(=O)[nH]c2)cc1. The predicted molar refractivity (Wildman–Crippen MR) is 112 cm³/mol. The quantitative estimate of drug-likeness (QED) is 0.308. The molecule has 166 valence electrons. The van der Waals surface area contributed by atoms with Crippen LogP contribution in [0.4, 0.5) is 13.2 Å². The van der Waals surface area contributed by atoms with Crippen molar-refractivity contribution in [3.8, 4) is 5.75 Å². The minimum absolute atomic E-state index is 0.171. The fourth-order valence-electron chi connectivity index (χ4n) is 2.74. The number of halogens is 3. The van der Waals surface area contributed by atoms with E-state index in [9.17, 15) is 22.8 Å². The molecule has 0 aliphatic rings. The molecule has 0 saturated carbocycles. The number of aryl methyl sites for hydroxylation is 1. The molecule has 1 aromatic heterocycles. The summed E-state index contributed by atoms with van der Waals surface area (Å²) in [5.74, 6) is -0.822. The zero-order chi connectivity index (χ0) is 23.1. The minimum atomic E-state index is -4.82. The van der Waals surface area contributed by atoms with Gasteiger partial charge in [-0.25, -0.2) is 0 Å². The number of aromatic nitrogens is 1. The molecule has 1 N–H and O–H groups in total. The lowest BCUT2D eigenvalue weighted by atomic mass is 10.0. The number of carbonyl (C=O) groups excluding carboxylic acids is 1. The Morgan fingerprint density at radius 3 is 2.22 bits per heavy atom. The minimum Gasteiger partial charge on any atom is -0.406 e. The summed E-state index contributed by atoms with van der Waals surface area (Å²) in [7, 11) is 0. The lowest BCUT2D eigenvalue weighted by Crippen LogP contribution is -2.17. The van der Waals surface area contributed by atoms with Gasteiger partial charge in [0, 0.05) is 23.4 Å². The van der Waals surface area contributed by atoms with Gasteiger partial charge in [0.2, 0.25) is 5.56 Å². The summed E-state index contributed by atoms with van der Waals surface area (Å²) in [5, 5.41) is 4.07. The second-order valence-electron chi connectivity index (χ2n) is 6.91. The van der Waals surface area contributed by atoms with Gasteiger partial charge >= 0.3 is 6.36 Å². The zero-order valence-corrected chi connectivity index (χ0v) is 17.0. The van der Waals surface area contributed by atoms with Crippen LogP contribution >= 0.6 is 0 Å². The van der Waals surface area contributed by atoms with Crippen molar-refractivity contribution >= 4 is 11.5 Å². The van der Waals surface area contributed by atoms with Gasteiger partial charge in [-0.15, -0.1) is 13.2 Å². The Balaban J connectivity index is 1.75. The number of benzene rings is 2. The van der Waals surface area contributed by atoms with E-state index < -0.39 is 17.9 Å². The average molecular weight is 444 g/mol. The molecule has 32 heavy (non-hydrogen) atoms. The number of aromatic amines is 1. The number of H-pyrrole nitrogens is 1. The van der Waals surface area contributed by atoms with E-state index in [-0.39, 0.29) is 29.9 Å². The van der Waals surface area contributed by atoms with E-state index in [1.807, 2.05) is 31.2 Å². The highest BCUT2D eigenvalue weighted by Crippen LogP contribution is 2.23. The van der Waals surface area contributed by atoms with Crippen LogP contribution in [0.5, 0.6) is 5.75 Å². The van der Waals surface area contributed by atoms with E-state index in [1.165, 1.54) is 30.5 Å². The van der Waals surface area contributed by atoms with Crippen molar-refractivity contribution in [1.82, 2.24) is 4.98 Å². The highest BCUT2D eigenvalue weighted by molar-refractivity contribution is 6.15. The molecule has 0 radical (unpaired) electrons. The Labute approximate surface area is 181 Å².